The third-order valence-electron chi connectivity index (χ3n) is 6.39. The number of carbonyl (C=O) groups excluding carboxylic acids is 2. The summed E-state index contributed by atoms with van der Waals surface area (Å²) in [5.41, 5.74) is 12.2. The van der Waals surface area contributed by atoms with E-state index in [1.807, 2.05) is 19.9 Å². The number of aromatic nitrogens is 2. The van der Waals surface area contributed by atoms with Crippen molar-refractivity contribution in [3.8, 4) is 5.88 Å². The molecule has 0 fully saturated rings. The van der Waals surface area contributed by atoms with Crippen molar-refractivity contribution in [1.29, 1.82) is 0 Å². The summed E-state index contributed by atoms with van der Waals surface area (Å²) < 4.78 is 45.9. The number of hydrogen-bond donors (Lipinski definition) is 5. The van der Waals surface area contributed by atoms with Crippen LogP contribution in [0.25, 0.3) is 0 Å². The highest BCUT2D eigenvalue weighted by Crippen LogP contribution is 2.45. The molecule has 18 heteroatoms. The zero-order chi connectivity index (χ0) is 35.9. The van der Waals surface area contributed by atoms with Gasteiger partial charge >= 0.3 is 19.7 Å². The standard InChI is InChI=1S/C30H47N6O11P/c1-18(2)14-21(29(40)44-15-20-10-8-7-9-11-20)36-48(41,46-17-24(38)47-19(3)4)45-16-23(42-5)26(39)22(37)12-13-33-25-27(31)34-30(32)35-28(25)43-6/h7-11,13,18-19,21-23,26,37,39H,12,14-17H2,1-6H3,(H,36,41)(H4,31,32,34,35)/t21-,22+,23?,26?,48?/m0/s1. The van der Waals surface area contributed by atoms with Gasteiger partial charge in [-0.3, -0.25) is 18.8 Å². The molecule has 5 atom stereocenters. The molecular weight excluding hydrogens is 651 g/mol. The monoisotopic (exact) mass is 698 g/mol. The molecule has 7 N–H and O–H groups in total. The summed E-state index contributed by atoms with van der Waals surface area (Å²) in [6.45, 7) is 5.53. The first-order valence-electron chi connectivity index (χ1n) is 15.1. The van der Waals surface area contributed by atoms with Crippen molar-refractivity contribution < 1.29 is 52.4 Å². The Bertz CT molecular complexity index is 1380. The van der Waals surface area contributed by atoms with Crippen LogP contribution in [0.5, 0.6) is 5.88 Å². The first-order valence-corrected chi connectivity index (χ1v) is 16.7. The Morgan fingerprint density at radius 3 is 2.35 bits per heavy atom. The van der Waals surface area contributed by atoms with Crippen LogP contribution in [-0.4, -0.2) is 96.2 Å². The molecule has 0 saturated carbocycles. The molecule has 1 aromatic carbocycles. The molecule has 2 rings (SSSR count). The maximum Gasteiger partial charge on any atom is 0.406 e. The molecule has 17 nitrogen and oxygen atoms in total. The topological polar surface area (TPSA) is 249 Å². The highest BCUT2D eigenvalue weighted by Gasteiger charge is 2.37. The lowest BCUT2D eigenvalue weighted by molar-refractivity contribution is -0.150. The molecule has 0 radical (unpaired) electrons. The van der Waals surface area contributed by atoms with Gasteiger partial charge in [-0.15, -0.1) is 0 Å². The number of anilines is 2. The number of aliphatic hydroxyl groups excluding tert-OH is 2. The number of nitrogens with one attached hydrogen (secondary N) is 1. The lowest BCUT2D eigenvalue weighted by Crippen LogP contribution is -2.43. The Morgan fingerprint density at radius 2 is 1.75 bits per heavy atom. The number of aliphatic hydroxyl groups is 2. The van der Waals surface area contributed by atoms with Crippen LogP contribution >= 0.6 is 7.75 Å². The molecule has 48 heavy (non-hydrogen) atoms. The normalized spacial score (nSPS) is 15.5. The van der Waals surface area contributed by atoms with Crippen molar-refractivity contribution >= 4 is 43.4 Å². The molecule has 0 aliphatic carbocycles. The highest BCUT2D eigenvalue weighted by molar-refractivity contribution is 7.51. The van der Waals surface area contributed by atoms with Crippen LogP contribution in [0.15, 0.2) is 35.3 Å². The quantitative estimate of drug-likeness (QED) is 0.0713. The van der Waals surface area contributed by atoms with Gasteiger partial charge in [0.05, 0.1) is 25.9 Å². The van der Waals surface area contributed by atoms with Crippen LogP contribution < -0.4 is 21.3 Å². The van der Waals surface area contributed by atoms with Gasteiger partial charge in [0.15, 0.2) is 18.1 Å². The number of methoxy groups -OCH3 is 2. The van der Waals surface area contributed by atoms with E-state index < -0.39 is 63.4 Å². The van der Waals surface area contributed by atoms with Gasteiger partial charge in [0.1, 0.15) is 24.9 Å². The summed E-state index contributed by atoms with van der Waals surface area (Å²) in [6, 6.07) is 7.81. The van der Waals surface area contributed by atoms with Crippen LogP contribution in [0, 0.1) is 5.92 Å². The summed E-state index contributed by atoms with van der Waals surface area (Å²) in [6.07, 6.45) is -3.57. The smallest absolute Gasteiger partial charge is 0.406 e. The van der Waals surface area contributed by atoms with Crippen molar-refractivity contribution in [2.75, 3.05) is 38.9 Å². The van der Waals surface area contributed by atoms with E-state index in [9.17, 15) is 24.4 Å². The summed E-state index contributed by atoms with van der Waals surface area (Å²) >= 11 is 0. The van der Waals surface area contributed by atoms with Gasteiger partial charge in [0.25, 0.3) is 0 Å². The average molecular weight is 699 g/mol. The van der Waals surface area contributed by atoms with Gasteiger partial charge in [-0.05, 0) is 31.7 Å². The van der Waals surface area contributed by atoms with Crippen molar-refractivity contribution in [2.24, 2.45) is 10.9 Å². The van der Waals surface area contributed by atoms with Gasteiger partial charge in [-0.1, -0.05) is 44.2 Å². The third-order valence-corrected chi connectivity index (χ3v) is 7.98. The lowest BCUT2D eigenvalue weighted by atomic mass is 10.1. The number of ether oxygens (including phenoxy) is 4. The minimum atomic E-state index is -4.50. The van der Waals surface area contributed by atoms with Crippen molar-refractivity contribution in [2.45, 2.75) is 77.6 Å². The van der Waals surface area contributed by atoms with E-state index in [2.05, 4.69) is 20.0 Å². The van der Waals surface area contributed by atoms with Crippen LogP contribution in [0.1, 0.15) is 46.1 Å². The molecule has 268 valence electrons. The molecule has 1 aromatic heterocycles. The average Bonchev–Trinajstić information content (AvgIpc) is 3.03. The SMILES string of the molecule is COc1nc(N)nc(N)c1N=CC[C@@H](O)C(O)C(COP(=O)(N[C@@H](CC(C)C)C(=O)OCc1ccccc1)OCC(=O)OC(C)C)OC. The third kappa shape index (κ3) is 13.8. The van der Waals surface area contributed by atoms with Crippen molar-refractivity contribution in [3.05, 3.63) is 35.9 Å². The number of rotatable bonds is 21. The predicted octanol–water partition coefficient (Wildman–Crippen LogP) is 2.32. The van der Waals surface area contributed by atoms with Gasteiger partial charge in [0, 0.05) is 19.7 Å². The Kier molecular flexibility index (Phi) is 16.8. The first kappa shape index (κ1) is 40.5. The maximum atomic E-state index is 14.0. The second-order valence-corrected chi connectivity index (χ2v) is 13.0. The minimum Gasteiger partial charge on any atom is -0.479 e. The molecule has 0 spiro atoms. The molecular formula is C30H47N6O11P. The molecule has 2 aromatic rings. The number of carbonyl (C=O) groups is 2. The van der Waals surface area contributed by atoms with Crippen LogP contribution in [0.4, 0.5) is 17.5 Å². The summed E-state index contributed by atoms with van der Waals surface area (Å²) in [4.78, 5) is 37.2. The zero-order valence-electron chi connectivity index (χ0n) is 28.0. The largest absolute Gasteiger partial charge is 0.479 e. The Balaban J connectivity index is 2.18. The summed E-state index contributed by atoms with van der Waals surface area (Å²) in [5, 5.41) is 24.1. The van der Waals surface area contributed by atoms with Gasteiger partial charge in [-0.2, -0.15) is 9.97 Å². The first-order chi connectivity index (χ1) is 22.7. The van der Waals surface area contributed by atoms with Gasteiger partial charge < -0.3 is 40.6 Å². The van der Waals surface area contributed by atoms with E-state index in [4.69, 9.17) is 39.5 Å². The zero-order valence-corrected chi connectivity index (χ0v) is 28.9. The van der Waals surface area contributed by atoms with Crippen molar-refractivity contribution in [1.82, 2.24) is 15.1 Å². The number of nitrogens with zero attached hydrogens (tertiary/aromatic N) is 3. The molecule has 0 saturated heterocycles. The Hall–Kier alpha value is -3.70. The highest BCUT2D eigenvalue weighted by atomic mass is 31.2. The van der Waals surface area contributed by atoms with Crippen LogP contribution in [0.3, 0.4) is 0 Å². The fourth-order valence-electron chi connectivity index (χ4n) is 4.09. The number of aliphatic imine (C=N–C) groups is 1. The summed E-state index contributed by atoms with van der Waals surface area (Å²) in [5.74, 6) is -1.79. The molecule has 3 unspecified atom stereocenters. The van der Waals surface area contributed by atoms with Gasteiger partial charge in [0.2, 0.25) is 11.8 Å². The second kappa shape index (κ2) is 20.0. The Labute approximate surface area is 279 Å². The number of esters is 2. The maximum absolute atomic E-state index is 14.0. The molecule has 0 bridgehead atoms. The summed E-state index contributed by atoms with van der Waals surface area (Å²) in [7, 11) is -1.93. The van der Waals surface area contributed by atoms with Crippen LogP contribution in [-0.2, 0) is 44.0 Å². The predicted molar refractivity (Wildman–Crippen MR) is 176 cm³/mol. The van der Waals surface area contributed by atoms with Gasteiger partial charge in [-0.25, -0.2) is 14.4 Å². The van der Waals surface area contributed by atoms with E-state index >= 15 is 0 Å². The molecule has 0 aliphatic rings. The number of benzene rings is 1. The molecule has 1 heterocycles. The van der Waals surface area contributed by atoms with E-state index in [0.717, 1.165) is 5.56 Å². The van der Waals surface area contributed by atoms with Crippen LogP contribution in [0.2, 0.25) is 0 Å². The second-order valence-electron chi connectivity index (χ2n) is 11.2. The van der Waals surface area contributed by atoms with E-state index in [-0.39, 0.29) is 48.7 Å². The van der Waals surface area contributed by atoms with Crippen molar-refractivity contribution in [3.63, 3.8) is 0 Å². The number of nitrogen functional groups attached to an aromatic ring is 2. The van der Waals surface area contributed by atoms with E-state index in [1.165, 1.54) is 20.4 Å². The van der Waals surface area contributed by atoms with E-state index in [0.29, 0.717) is 0 Å². The fourth-order valence-corrected chi connectivity index (χ4v) is 5.52. The number of nitrogens with two attached hydrogens (primary N) is 2. The fraction of sp³-hybridized carbons (Fsp3) is 0.567. The Morgan fingerprint density at radius 1 is 1.06 bits per heavy atom. The minimum absolute atomic E-state index is 0.00898. The number of hydrogen-bond acceptors (Lipinski definition) is 16. The van der Waals surface area contributed by atoms with E-state index in [1.54, 1.807) is 38.1 Å². The lowest BCUT2D eigenvalue weighted by Gasteiger charge is -2.29. The molecule has 0 aliphatic heterocycles. The molecule has 0 amide bonds.